The number of fused-ring (bicyclic) bond motifs is 1. The minimum Gasteiger partial charge on any atom is -0.308 e. The van der Waals surface area contributed by atoms with Crippen molar-refractivity contribution < 1.29 is 4.79 Å². The smallest absolute Gasteiger partial charge is 0.258 e. The summed E-state index contributed by atoms with van der Waals surface area (Å²) in [5.74, 6) is 0.280. The number of aliphatic imine (C=N–C) groups is 1. The summed E-state index contributed by atoms with van der Waals surface area (Å²) in [6.07, 6.45) is 1.58. The average molecular weight is 236 g/mol. The highest BCUT2D eigenvalue weighted by molar-refractivity contribution is 6.31. The first kappa shape index (κ1) is 10.7. The van der Waals surface area contributed by atoms with E-state index in [2.05, 4.69) is 16.9 Å². The molecule has 0 saturated heterocycles. The predicted molar refractivity (Wildman–Crippen MR) is 65.0 cm³/mol. The molecule has 0 saturated carbocycles. The Kier molecular flexibility index (Phi) is 2.66. The molecule has 1 N–H and O–H groups in total. The molecular formula is C11H10ClN3O. The van der Waals surface area contributed by atoms with Gasteiger partial charge in [0.05, 0.1) is 17.6 Å². The van der Waals surface area contributed by atoms with Crippen LogP contribution in [0.3, 0.4) is 0 Å². The Morgan fingerprint density at radius 1 is 1.56 bits per heavy atom. The second-order valence-electron chi connectivity index (χ2n) is 3.31. The van der Waals surface area contributed by atoms with E-state index in [0.29, 0.717) is 22.1 Å². The van der Waals surface area contributed by atoms with Gasteiger partial charge in [0.2, 0.25) is 0 Å². The number of halogens is 1. The van der Waals surface area contributed by atoms with Crippen LogP contribution in [0.15, 0.2) is 35.6 Å². The maximum Gasteiger partial charge on any atom is 0.258 e. The van der Waals surface area contributed by atoms with Gasteiger partial charge < -0.3 is 5.32 Å². The van der Waals surface area contributed by atoms with E-state index >= 15 is 0 Å². The summed E-state index contributed by atoms with van der Waals surface area (Å²) in [6, 6.07) is 5.06. The third kappa shape index (κ3) is 1.67. The number of anilines is 1. The van der Waals surface area contributed by atoms with Crippen molar-refractivity contribution in [1.29, 1.82) is 0 Å². The fourth-order valence-corrected chi connectivity index (χ4v) is 1.71. The van der Waals surface area contributed by atoms with Crippen LogP contribution < -0.4 is 10.2 Å². The van der Waals surface area contributed by atoms with Crippen LogP contribution in [-0.4, -0.2) is 19.3 Å². The number of carbonyl (C=O) groups excluding carboxylic acids is 1. The SMILES string of the molecule is C=C1NC(=O)c2ccc(Cl)cc2N1C=NC. The normalized spacial score (nSPS) is 15.2. The highest BCUT2D eigenvalue weighted by Crippen LogP contribution is 2.29. The molecule has 0 unspecified atom stereocenters. The first-order valence-electron chi connectivity index (χ1n) is 4.65. The first-order valence-corrected chi connectivity index (χ1v) is 5.02. The molecule has 0 radical (unpaired) electrons. The number of carbonyl (C=O) groups is 1. The standard InChI is InChI=1S/C11H10ClN3O/c1-7-14-11(16)9-4-3-8(12)5-10(9)15(7)6-13-2/h3-6H,1H2,2H3,(H,14,16). The van der Waals surface area contributed by atoms with Gasteiger partial charge in [-0.3, -0.25) is 14.7 Å². The summed E-state index contributed by atoms with van der Waals surface area (Å²) >= 11 is 5.91. The number of amides is 1. The molecule has 0 aromatic heterocycles. The summed E-state index contributed by atoms with van der Waals surface area (Å²) in [5, 5.41) is 3.21. The monoisotopic (exact) mass is 235 g/mol. The summed E-state index contributed by atoms with van der Waals surface area (Å²) in [5.41, 5.74) is 1.24. The van der Waals surface area contributed by atoms with Crippen LogP contribution in [0.25, 0.3) is 0 Å². The molecule has 16 heavy (non-hydrogen) atoms. The third-order valence-corrected chi connectivity index (χ3v) is 2.48. The Labute approximate surface area is 98.2 Å². The van der Waals surface area contributed by atoms with E-state index in [1.54, 1.807) is 36.5 Å². The van der Waals surface area contributed by atoms with Crippen molar-refractivity contribution in [2.45, 2.75) is 0 Å². The lowest BCUT2D eigenvalue weighted by Gasteiger charge is -2.29. The summed E-state index contributed by atoms with van der Waals surface area (Å²) in [7, 11) is 1.65. The summed E-state index contributed by atoms with van der Waals surface area (Å²) < 4.78 is 0. The number of nitrogens with one attached hydrogen (secondary N) is 1. The van der Waals surface area contributed by atoms with E-state index < -0.39 is 0 Å². The molecule has 82 valence electrons. The van der Waals surface area contributed by atoms with Gasteiger partial charge in [-0.15, -0.1) is 0 Å². The van der Waals surface area contributed by atoms with E-state index in [4.69, 9.17) is 11.6 Å². The quantitative estimate of drug-likeness (QED) is 0.598. The molecule has 1 heterocycles. The number of hydrogen-bond donors (Lipinski definition) is 1. The van der Waals surface area contributed by atoms with E-state index in [0.717, 1.165) is 0 Å². The average Bonchev–Trinajstić information content (AvgIpc) is 2.23. The molecule has 0 fully saturated rings. The lowest BCUT2D eigenvalue weighted by atomic mass is 10.1. The molecule has 1 aliphatic rings. The molecule has 1 aliphatic heterocycles. The van der Waals surface area contributed by atoms with Crippen LogP contribution in [0.4, 0.5) is 5.69 Å². The number of rotatable bonds is 1. The first-order chi connectivity index (χ1) is 7.63. The molecule has 0 spiro atoms. The molecule has 0 atom stereocenters. The van der Waals surface area contributed by atoms with Crippen LogP contribution in [0.5, 0.6) is 0 Å². The summed E-state index contributed by atoms with van der Waals surface area (Å²) in [6.45, 7) is 3.75. The molecule has 1 amide bonds. The second-order valence-corrected chi connectivity index (χ2v) is 3.74. The maximum absolute atomic E-state index is 11.7. The molecule has 0 aliphatic carbocycles. The molecule has 1 aromatic rings. The highest BCUT2D eigenvalue weighted by atomic mass is 35.5. The predicted octanol–water partition coefficient (Wildman–Crippen LogP) is 2.02. The molecule has 4 nitrogen and oxygen atoms in total. The van der Waals surface area contributed by atoms with Crippen LogP contribution in [0.2, 0.25) is 5.02 Å². The van der Waals surface area contributed by atoms with Crippen LogP contribution in [0.1, 0.15) is 10.4 Å². The minimum absolute atomic E-state index is 0.183. The number of hydrogen-bond acceptors (Lipinski definition) is 2. The van der Waals surface area contributed by atoms with Gasteiger partial charge in [-0.1, -0.05) is 18.2 Å². The van der Waals surface area contributed by atoms with Gasteiger partial charge in [-0.25, -0.2) is 0 Å². The van der Waals surface area contributed by atoms with E-state index in [1.165, 1.54) is 0 Å². The van der Waals surface area contributed by atoms with Gasteiger partial charge in [-0.05, 0) is 18.2 Å². The lowest BCUT2D eigenvalue weighted by Crippen LogP contribution is -2.39. The number of benzene rings is 1. The van der Waals surface area contributed by atoms with E-state index in [9.17, 15) is 4.79 Å². The van der Waals surface area contributed by atoms with Crippen molar-refractivity contribution in [3.8, 4) is 0 Å². The van der Waals surface area contributed by atoms with Crippen molar-refractivity contribution in [2.75, 3.05) is 11.9 Å². The molecule has 2 rings (SSSR count). The fraction of sp³-hybridized carbons (Fsp3) is 0.0909. The van der Waals surface area contributed by atoms with Crippen molar-refractivity contribution in [3.63, 3.8) is 0 Å². The van der Waals surface area contributed by atoms with Crippen LogP contribution in [-0.2, 0) is 0 Å². The highest BCUT2D eigenvalue weighted by Gasteiger charge is 2.24. The van der Waals surface area contributed by atoms with Gasteiger partial charge >= 0.3 is 0 Å². The van der Waals surface area contributed by atoms with E-state index in [1.807, 2.05) is 0 Å². The van der Waals surface area contributed by atoms with Gasteiger partial charge in [-0.2, -0.15) is 0 Å². The molecular weight excluding hydrogens is 226 g/mol. The van der Waals surface area contributed by atoms with Gasteiger partial charge in [0.1, 0.15) is 5.82 Å². The fourth-order valence-electron chi connectivity index (χ4n) is 1.55. The third-order valence-electron chi connectivity index (χ3n) is 2.24. The molecule has 0 bridgehead atoms. The molecule has 5 heteroatoms. The number of nitrogens with zero attached hydrogens (tertiary/aromatic N) is 2. The van der Waals surface area contributed by atoms with Gasteiger partial charge in [0.15, 0.2) is 0 Å². The zero-order chi connectivity index (χ0) is 11.7. The minimum atomic E-state index is -0.183. The largest absolute Gasteiger partial charge is 0.308 e. The second kappa shape index (κ2) is 3.98. The van der Waals surface area contributed by atoms with Crippen molar-refractivity contribution >= 4 is 29.5 Å². The zero-order valence-corrected chi connectivity index (χ0v) is 9.45. The Balaban J connectivity index is 2.60. The van der Waals surface area contributed by atoms with Crippen LogP contribution >= 0.6 is 11.6 Å². The topological polar surface area (TPSA) is 44.7 Å². The van der Waals surface area contributed by atoms with Crippen LogP contribution in [0, 0.1) is 0 Å². The van der Waals surface area contributed by atoms with Gasteiger partial charge in [0.25, 0.3) is 5.91 Å². The Bertz CT molecular complexity index is 496. The van der Waals surface area contributed by atoms with Crippen molar-refractivity contribution in [1.82, 2.24) is 5.32 Å². The Morgan fingerprint density at radius 2 is 2.31 bits per heavy atom. The Hall–Kier alpha value is -1.81. The van der Waals surface area contributed by atoms with E-state index in [-0.39, 0.29) is 5.91 Å². The van der Waals surface area contributed by atoms with Crippen molar-refractivity contribution in [3.05, 3.63) is 41.2 Å². The summed E-state index contributed by atoms with van der Waals surface area (Å²) in [4.78, 5) is 17.3. The van der Waals surface area contributed by atoms with Gasteiger partial charge in [0, 0.05) is 12.1 Å². The molecule has 1 aromatic carbocycles. The Morgan fingerprint density at radius 3 is 3.00 bits per heavy atom. The lowest BCUT2D eigenvalue weighted by molar-refractivity contribution is 0.0962. The zero-order valence-electron chi connectivity index (χ0n) is 8.70. The van der Waals surface area contributed by atoms with Crippen molar-refractivity contribution in [2.24, 2.45) is 4.99 Å². The maximum atomic E-state index is 11.7.